The van der Waals surface area contributed by atoms with Crippen LogP contribution in [0.1, 0.15) is 57.8 Å². The van der Waals surface area contributed by atoms with Crippen LogP contribution in [0.4, 0.5) is 0 Å². The van der Waals surface area contributed by atoms with Crippen molar-refractivity contribution in [1.29, 1.82) is 0 Å². The summed E-state index contributed by atoms with van der Waals surface area (Å²) in [6.07, 6.45) is 1.02. The highest BCUT2D eigenvalue weighted by molar-refractivity contribution is 6.02. The lowest BCUT2D eigenvalue weighted by atomic mass is 9.75. The Kier molecular flexibility index (Phi) is 6.07. The molecule has 1 saturated heterocycles. The number of carbonyl (C=O) groups excluding carboxylic acids is 2. The minimum Gasteiger partial charge on any atom is -0.379 e. The van der Waals surface area contributed by atoms with Gasteiger partial charge < -0.3 is 15.0 Å². The van der Waals surface area contributed by atoms with Crippen LogP contribution in [0.25, 0.3) is 0 Å². The summed E-state index contributed by atoms with van der Waals surface area (Å²) in [5.74, 6) is -0.507. The zero-order valence-electron chi connectivity index (χ0n) is 18.1. The largest absolute Gasteiger partial charge is 0.379 e. The fraction of sp³-hybridized carbons (Fsp3) is 0.458. The van der Waals surface area contributed by atoms with E-state index in [1.54, 1.807) is 0 Å². The van der Waals surface area contributed by atoms with Gasteiger partial charge in [-0.15, -0.1) is 0 Å². The van der Waals surface area contributed by atoms with E-state index in [9.17, 15) is 14.4 Å². The van der Waals surface area contributed by atoms with Gasteiger partial charge in [0.2, 0.25) is 0 Å². The lowest BCUT2D eigenvalue weighted by molar-refractivity contribution is 0.0342. The van der Waals surface area contributed by atoms with Gasteiger partial charge in [0.25, 0.3) is 11.5 Å². The smallest absolute Gasteiger partial charge is 0.261 e. The zero-order chi connectivity index (χ0) is 22.0. The summed E-state index contributed by atoms with van der Waals surface area (Å²) in [6, 6.07) is 9.52. The second-order valence-electron chi connectivity index (χ2n) is 9.24. The molecule has 7 heteroatoms. The van der Waals surface area contributed by atoms with E-state index in [1.165, 1.54) is 11.6 Å². The van der Waals surface area contributed by atoms with Crippen molar-refractivity contribution < 1.29 is 14.3 Å². The highest BCUT2D eigenvalue weighted by Gasteiger charge is 2.32. The maximum Gasteiger partial charge on any atom is 0.261 e. The van der Waals surface area contributed by atoms with Crippen molar-refractivity contribution in [2.24, 2.45) is 5.41 Å². The average molecular weight is 424 g/mol. The second kappa shape index (κ2) is 8.77. The number of benzene rings is 1. The molecule has 0 atom stereocenters. The van der Waals surface area contributed by atoms with Crippen molar-refractivity contribution in [3.8, 4) is 0 Å². The Bertz CT molecular complexity index is 1050. The Hall–Kier alpha value is -2.77. The van der Waals surface area contributed by atoms with Gasteiger partial charge in [-0.1, -0.05) is 38.1 Å². The van der Waals surface area contributed by atoms with Crippen LogP contribution in [-0.4, -0.2) is 47.9 Å². The predicted molar refractivity (Wildman–Crippen MR) is 117 cm³/mol. The SMILES string of the molecule is CC1(C)CC(=O)c2cc(C(=O)NCc3cccc(CN4CCOCC4)c3)c(=O)[nH]c2C1. The maximum atomic E-state index is 12.7. The van der Waals surface area contributed by atoms with Gasteiger partial charge in [0.15, 0.2) is 5.78 Å². The average Bonchev–Trinajstić information content (AvgIpc) is 2.72. The Labute approximate surface area is 181 Å². The zero-order valence-corrected chi connectivity index (χ0v) is 18.1. The Morgan fingerprint density at radius 1 is 1.13 bits per heavy atom. The van der Waals surface area contributed by atoms with Gasteiger partial charge in [-0.05, 0) is 29.0 Å². The lowest BCUT2D eigenvalue weighted by Gasteiger charge is -2.29. The number of ether oxygens (including phenoxy) is 1. The van der Waals surface area contributed by atoms with Crippen LogP contribution >= 0.6 is 0 Å². The van der Waals surface area contributed by atoms with Crippen LogP contribution in [0.5, 0.6) is 0 Å². The topological polar surface area (TPSA) is 91.5 Å². The first-order valence-electron chi connectivity index (χ1n) is 10.8. The summed E-state index contributed by atoms with van der Waals surface area (Å²) in [7, 11) is 0. The van der Waals surface area contributed by atoms with E-state index < -0.39 is 11.5 Å². The first-order chi connectivity index (χ1) is 14.8. The first kappa shape index (κ1) is 21.5. The summed E-state index contributed by atoms with van der Waals surface area (Å²) in [5, 5.41) is 2.82. The molecule has 1 aromatic heterocycles. The van der Waals surface area contributed by atoms with Crippen molar-refractivity contribution in [1.82, 2.24) is 15.2 Å². The van der Waals surface area contributed by atoms with E-state index in [4.69, 9.17) is 4.74 Å². The molecule has 2 aromatic rings. The molecule has 7 nitrogen and oxygen atoms in total. The third-order valence-corrected chi connectivity index (χ3v) is 5.92. The van der Waals surface area contributed by atoms with Crippen molar-refractivity contribution in [2.75, 3.05) is 26.3 Å². The number of amides is 1. The predicted octanol–water partition coefficient (Wildman–Crippen LogP) is 2.29. The number of carbonyl (C=O) groups is 2. The highest BCUT2D eigenvalue weighted by Crippen LogP contribution is 2.33. The fourth-order valence-electron chi connectivity index (χ4n) is 4.33. The lowest BCUT2D eigenvalue weighted by Crippen LogP contribution is -2.35. The normalized spacial score (nSPS) is 18.5. The molecule has 1 fully saturated rings. The van der Waals surface area contributed by atoms with E-state index >= 15 is 0 Å². The summed E-state index contributed by atoms with van der Waals surface area (Å²) in [6.45, 7) is 8.49. The van der Waals surface area contributed by atoms with E-state index in [0.29, 0.717) is 30.6 Å². The van der Waals surface area contributed by atoms with Gasteiger partial charge in [-0.3, -0.25) is 19.3 Å². The number of aromatic amines is 1. The molecule has 1 aliphatic heterocycles. The maximum absolute atomic E-state index is 12.7. The molecule has 2 aliphatic rings. The molecule has 0 saturated carbocycles. The van der Waals surface area contributed by atoms with E-state index in [-0.39, 0.29) is 16.8 Å². The molecule has 1 aromatic carbocycles. The number of aromatic nitrogens is 1. The molecule has 1 aliphatic carbocycles. The summed E-state index contributed by atoms with van der Waals surface area (Å²) < 4.78 is 5.39. The van der Waals surface area contributed by atoms with Crippen LogP contribution in [-0.2, 0) is 24.2 Å². The molecule has 4 rings (SSSR count). The van der Waals surface area contributed by atoms with E-state index in [1.807, 2.05) is 26.0 Å². The number of nitrogens with zero attached hydrogens (tertiary/aromatic N) is 1. The van der Waals surface area contributed by atoms with Crippen molar-refractivity contribution in [3.63, 3.8) is 0 Å². The summed E-state index contributed by atoms with van der Waals surface area (Å²) in [4.78, 5) is 42.8. The molecular weight excluding hydrogens is 394 g/mol. The number of Topliss-reactive ketones (excluding diaryl/α,β-unsaturated/α-hetero) is 1. The Balaban J connectivity index is 1.43. The van der Waals surface area contributed by atoms with Gasteiger partial charge in [0.1, 0.15) is 5.56 Å². The Morgan fingerprint density at radius 3 is 2.65 bits per heavy atom. The third kappa shape index (κ3) is 5.11. The number of H-pyrrole nitrogens is 1. The molecule has 1 amide bonds. The number of rotatable bonds is 5. The van der Waals surface area contributed by atoms with Gasteiger partial charge in [-0.25, -0.2) is 0 Å². The van der Waals surface area contributed by atoms with Crippen LogP contribution in [0.3, 0.4) is 0 Å². The molecule has 2 N–H and O–H groups in total. The molecule has 0 radical (unpaired) electrons. The number of morpholine rings is 1. The number of ketones is 1. The molecule has 31 heavy (non-hydrogen) atoms. The van der Waals surface area contributed by atoms with Crippen molar-refractivity contribution in [2.45, 2.75) is 39.8 Å². The van der Waals surface area contributed by atoms with E-state index in [0.717, 1.165) is 38.4 Å². The van der Waals surface area contributed by atoms with Crippen LogP contribution in [0.2, 0.25) is 0 Å². The fourth-order valence-corrected chi connectivity index (χ4v) is 4.33. The third-order valence-electron chi connectivity index (χ3n) is 5.92. The molecular formula is C24H29N3O4. The number of hydrogen-bond acceptors (Lipinski definition) is 5. The molecule has 164 valence electrons. The van der Waals surface area contributed by atoms with Gasteiger partial charge in [-0.2, -0.15) is 0 Å². The van der Waals surface area contributed by atoms with Crippen LogP contribution < -0.4 is 10.9 Å². The van der Waals surface area contributed by atoms with Crippen molar-refractivity contribution >= 4 is 11.7 Å². The van der Waals surface area contributed by atoms with E-state index in [2.05, 4.69) is 27.3 Å². The summed E-state index contributed by atoms with van der Waals surface area (Å²) >= 11 is 0. The number of hydrogen-bond donors (Lipinski definition) is 2. The Morgan fingerprint density at radius 2 is 1.87 bits per heavy atom. The number of pyridine rings is 1. The van der Waals surface area contributed by atoms with Crippen molar-refractivity contribution in [3.05, 3.63) is 68.6 Å². The quantitative estimate of drug-likeness (QED) is 0.770. The standard InChI is InChI=1S/C24H29N3O4/c1-24(2)12-20-18(21(28)13-24)11-19(23(30)26-20)22(29)25-14-16-4-3-5-17(10-16)15-27-6-8-31-9-7-27/h3-5,10-11H,6-9,12-15H2,1-2H3,(H,25,29)(H,26,30). The molecule has 2 heterocycles. The van der Waals surface area contributed by atoms with Gasteiger partial charge in [0.05, 0.1) is 13.2 Å². The number of fused-ring (bicyclic) bond motifs is 1. The molecule has 0 bridgehead atoms. The second-order valence-corrected chi connectivity index (χ2v) is 9.24. The molecule has 0 spiro atoms. The van der Waals surface area contributed by atoms with Gasteiger partial charge in [0, 0.05) is 43.9 Å². The number of nitrogens with one attached hydrogen (secondary N) is 2. The van der Waals surface area contributed by atoms with Crippen LogP contribution in [0, 0.1) is 5.41 Å². The minimum atomic E-state index is -0.472. The first-order valence-corrected chi connectivity index (χ1v) is 10.8. The highest BCUT2D eigenvalue weighted by atomic mass is 16.5. The summed E-state index contributed by atoms with van der Waals surface area (Å²) in [5.41, 5.74) is 2.55. The molecule has 0 unspecified atom stereocenters. The minimum absolute atomic E-state index is 0.0173. The monoisotopic (exact) mass is 423 g/mol. The van der Waals surface area contributed by atoms with Gasteiger partial charge >= 0.3 is 0 Å². The van der Waals surface area contributed by atoms with Crippen LogP contribution in [0.15, 0.2) is 35.1 Å².